The molecule has 1 N–H and O–H groups in total. The monoisotopic (exact) mass is 324 g/mol. The average molecular weight is 324 g/mol. The summed E-state index contributed by atoms with van der Waals surface area (Å²) >= 11 is 0. The van der Waals surface area contributed by atoms with E-state index in [1.165, 1.54) is 5.56 Å². The van der Waals surface area contributed by atoms with Crippen LogP contribution in [0, 0.1) is 6.92 Å². The first kappa shape index (κ1) is 15.0. The lowest BCUT2D eigenvalue weighted by Gasteiger charge is -2.28. The van der Waals surface area contributed by atoms with Crippen LogP contribution in [0.2, 0.25) is 0 Å². The van der Waals surface area contributed by atoms with E-state index in [2.05, 4.69) is 11.4 Å². The minimum atomic E-state index is -0.268. The average Bonchev–Trinajstić information content (AvgIpc) is 2.93. The van der Waals surface area contributed by atoms with Crippen molar-refractivity contribution in [2.75, 3.05) is 24.4 Å². The van der Waals surface area contributed by atoms with Crippen LogP contribution in [0.3, 0.4) is 0 Å². The molecule has 4 rings (SSSR count). The molecule has 2 aliphatic rings. The molecule has 2 heterocycles. The Hall–Kier alpha value is -2.53. The Kier molecular flexibility index (Phi) is 3.46. The Morgan fingerprint density at radius 3 is 2.75 bits per heavy atom. The van der Waals surface area contributed by atoms with Crippen molar-refractivity contribution >= 4 is 17.3 Å². The molecule has 2 unspecified atom stereocenters. The number of hydrogen-bond acceptors (Lipinski definition) is 4. The number of anilines is 2. The van der Waals surface area contributed by atoms with Crippen LogP contribution in [0.15, 0.2) is 36.4 Å². The summed E-state index contributed by atoms with van der Waals surface area (Å²) in [5.41, 5.74) is 4.51. The molecule has 0 bridgehead atoms. The summed E-state index contributed by atoms with van der Waals surface area (Å²) in [5, 5.41) is 3.40. The van der Waals surface area contributed by atoms with Crippen molar-refractivity contribution in [3.63, 3.8) is 0 Å². The van der Waals surface area contributed by atoms with E-state index in [1.54, 1.807) is 14.2 Å². The van der Waals surface area contributed by atoms with Gasteiger partial charge >= 0.3 is 0 Å². The van der Waals surface area contributed by atoms with Crippen molar-refractivity contribution in [2.24, 2.45) is 0 Å². The minimum Gasteiger partial charge on any atom is -0.496 e. The molecule has 1 amide bonds. The van der Waals surface area contributed by atoms with Crippen LogP contribution >= 0.6 is 0 Å². The number of ether oxygens (including phenoxy) is 2. The number of nitrogens with one attached hydrogen (secondary N) is 1. The summed E-state index contributed by atoms with van der Waals surface area (Å²) in [6.07, 6.45) is 0.507. The first-order valence-electron chi connectivity index (χ1n) is 8.03. The molecule has 2 aromatic rings. The summed E-state index contributed by atoms with van der Waals surface area (Å²) in [5.74, 6) is 0.689. The molecule has 2 atom stereocenters. The first-order chi connectivity index (χ1) is 11.6. The van der Waals surface area contributed by atoms with Gasteiger partial charge in [-0.15, -0.1) is 0 Å². The Morgan fingerprint density at radius 1 is 1.21 bits per heavy atom. The summed E-state index contributed by atoms with van der Waals surface area (Å²) in [7, 11) is 3.29. The highest BCUT2D eigenvalue weighted by atomic mass is 16.5. The highest BCUT2D eigenvalue weighted by Gasteiger charge is 2.42. The number of para-hydroxylation sites is 1. The van der Waals surface area contributed by atoms with Crippen molar-refractivity contribution in [2.45, 2.75) is 25.6 Å². The second-order valence-corrected chi connectivity index (χ2v) is 6.24. The van der Waals surface area contributed by atoms with Gasteiger partial charge in [0.1, 0.15) is 12.0 Å². The Balaban J connectivity index is 1.89. The van der Waals surface area contributed by atoms with Crippen molar-refractivity contribution in [1.82, 2.24) is 0 Å². The van der Waals surface area contributed by atoms with E-state index in [0.717, 1.165) is 23.4 Å². The molecule has 0 spiro atoms. The first-order valence-corrected chi connectivity index (χ1v) is 8.03. The van der Waals surface area contributed by atoms with E-state index in [1.807, 2.05) is 42.2 Å². The van der Waals surface area contributed by atoms with Crippen LogP contribution in [0.1, 0.15) is 21.5 Å². The van der Waals surface area contributed by atoms with Gasteiger partial charge in [0.25, 0.3) is 5.91 Å². The summed E-state index contributed by atoms with van der Waals surface area (Å²) < 4.78 is 11.1. The van der Waals surface area contributed by atoms with E-state index in [0.29, 0.717) is 11.3 Å². The van der Waals surface area contributed by atoms with Gasteiger partial charge in [0.05, 0.1) is 18.7 Å². The van der Waals surface area contributed by atoms with Gasteiger partial charge in [0, 0.05) is 18.5 Å². The van der Waals surface area contributed by atoms with Crippen molar-refractivity contribution in [3.8, 4) is 5.75 Å². The molecule has 0 radical (unpaired) electrons. The number of fused-ring (bicyclic) bond motifs is 4. The van der Waals surface area contributed by atoms with Gasteiger partial charge in [-0.3, -0.25) is 4.79 Å². The zero-order valence-corrected chi connectivity index (χ0v) is 14.0. The number of amides is 1. The third kappa shape index (κ3) is 2.08. The molecule has 24 heavy (non-hydrogen) atoms. The molecule has 2 aromatic carbocycles. The molecule has 0 aliphatic carbocycles. The van der Waals surface area contributed by atoms with Crippen LogP contribution < -0.4 is 15.0 Å². The Bertz CT molecular complexity index is 818. The lowest BCUT2D eigenvalue weighted by Crippen LogP contribution is -2.46. The highest BCUT2D eigenvalue weighted by molar-refractivity contribution is 6.12. The van der Waals surface area contributed by atoms with E-state index in [-0.39, 0.29) is 18.2 Å². The number of hydrogen-bond donors (Lipinski definition) is 1. The van der Waals surface area contributed by atoms with Gasteiger partial charge in [0.2, 0.25) is 0 Å². The molecular weight excluding hydrogens is 304 g/mol. The second kappa shape index (κ2) is 5.53. The van der Waals surface area contributed by atoms with Gasteiger partial charge in [-0.05, 0) is 42.7 Å². The molecule has 2 aliphatic heterocycles. The molecule has 0 fully saturated rings. The summed E-state index contributed by atoms with van der Waals surface area (Å²) in [6.45, 7) is 1.97. The van der Waals surface area contributed by atoms with Gasteiger partial charge in [0.15, 0.2) is 0 Å². The number of methoxy groups -OCH3 is 2. The van der Waals surface area contributed by atoms with Crippen molar-refractivity contribution < 1.29 is 14.3 Å². The van der Waals surface area contributed by atoms with Crippen LogP contribution in [-0.2, 0) is 11.2 Å². The molecule has 0 saturated carbocycles. The number of benzene rings is 2. The van der Waals surface area contributed by atoms with Gasteiger partial charge in [-0.2, -0.15) is 0 Å². The number of carbonyl (C=O) groups excluding carboxylic acids is 1. The summed E-state index contributed by atoms with van der Waals surface area (Å²) in [4.78, 5) is 15.2. The van der Waals surface area contributed by atoms with Gasteiger partial charge < -0.3 is 19.7 Å². The van der Waals surface area contributed by atoms with E-state index < -0.39 is 0 Å². The predicted molar refractivity (Wildman–Crippen MR) is 92.9 cm³/mol. The van der Waals surface area contributed by atoms with Crippen LogP contribution in [-0.4, -0.2) is 32.4 Å². The fraction of sp³-hybridized carbons (Fsp3) is 0.316. The number of rotatable bonds is 2. The smallest absolute Gasteiger partial charge is 0.260 e. The molecule has 0 saturated heterocycles. The van der Waals surface area contributed by atoms with Crippen LogP contribution in [0.5, 0.6) is 5.75 Å². The van der Waals surface area contributed by atoms with Gasteiger partial charge in [-0.1, -0.05) is 18.2 Å². The number of nitrogens with zero attached hydrogens (tertiary/aromatic N) is 1. The minimum absolute atomic E-state index is 0.0229. The standard InChI is InChI=1S/C19H20N2O3/c1-11-8-14-13(10-17(11)23-2)19(22)21-15-7-5-4-6-12(15)9-16(21)18(20-14)24-3/h4-8,10,16,18,20H,9H2,1-3H3. The van der Waals surface area contributed by atoms with E-state index in [4.69, 9.17) is 9.47 Å². The third-order valence-electron chi connectivity index (χ3n) is 4.90. The van der Waals surface area contributed by atoms with Crippen molar-refractivity contribution in [1.29, 1.82) is 0 Å². The zero-order chi connectivity index (χ0) is 16.8. The van der Waals surface area contributed by atoms with E-state index >= 15 is 0 Å². The summed E-state index contributed by atoms with van der Waals surface area (Å²) in [6, 6.07) is 11.7. The van der Waals surface area contributed by atoms with Crippen LogP contribution in [0.4, 0.5) is 11.4 Å². The highest BCUT2D eigenvalue weighted by Crippen LogP contribution is 2.40. The molecule has 0 aromatic heterocycles. The largest absolute Gasteiger partial charge is 0.496 e. The quantitative estimate of drug-likeness (QED) is 0.923. The van der Waals surface area contributed by atoms with Gasteiger partial charge in [-0.25, -0.2) is 0 Å². The molecule has 5 heteroatoms. The second-order valence-electron chi connectivity index (χ2n) is 6.24. The predicted octanol–water partition coefficient (Wildman–Crippen LogP) is 2.97. The zero-order valence-electron chi connectivity index (χ0n) is 14.0. The number of carbonyl (C=O) groups is 1. The lowest BCUT2D eigenvalue weighted by atomic mass is 10.1. The SMILES string of the molecule is COc1cc2c(cc1C)NC(OC)C1Cc3ccccc3N1C2=O. The molecule has 124 valence electrons. The topological polar surface area (TPSA) is 50.8 Å². The maximum Gasteiger partial charge on any atom is 0.260 e. The lowest BCUT2D eigenvalue weighted by molar-refractivity contribution is 0.0869. The fourth-order valence-corrected chi connectivity index (χ4v) is 3.72. The fourth-order valence-electron chi connectivity index (χ4n) is 3.72. The maximum atomic E-state index is 13.3. The maximum absolute atomic E-state index is 13.3. The normalized spacial score (nSPS) is 21.5. The molecular formula is C19H20N2O3. The van der Waals surface area contributed by atoms with E-state index in [9.17, 15) is 4.79 Å². The Morgan fingerprint density at radius 2 is 2.00 bits per heavy atom. The number of aryl methyl sites for hydroxylation is 1. The third-order valence-corrected chi connectivity index (χ3v) is 4.90. The Labute approximate surface area is 141 Å². The van der Waals surface area contributed by atoms with Crippen LogP contribution in [0.25, 0.3) is 0 Å². The van der Waals surface area contributed by atoms with Crippen molar-refractivity contribution in [3.05, 3.63) is 53.1 Å². The molecule has 5 nitrogen and oxygen atoms in total.